The molecular weight excluding hydrogens is 278 g/mol. The van der Waals surface area contributed by atoms with Gasteiger partial charge in [0.2, 0.25) is 10.0 Å². The minimum Gasteiger partial charge on any atom is -0.390 e. The quantitative estimate of drug-likeness (QED) is 0.569. The molecule has 1 aliphatic heterocycles. The summed E-state index contributed by atoms with van der Waals surface area (Å²) in [5, 5.41) is 10.1. The van der Waals surface area contributed by atoms with E-state index in [0.717, 1.165) is 0 Å². The van der Waals surface area contributed by atoms with Gasteiger partial charge in [-0.2, -0.15) is 4.31 Å². The average Bonchev–Trinajstić information content (AvgIpc) is 2.60. The van der Waals surface area contributed by atoms with Gasteiger partial charge in [0.1, 0.15) is 4.90 Å². The van der Waals surface area contributed by atoms with Crippen molar-refractivity contribution in [3.8, 4) is 0 Å². The van der Waals surface area contributed by atoms with Gasteiger partial charge in [0.25, 0.3) is 0 Å². The van der Waals surface area contributed by atoms with E-state index >= 15 is 0 Å². The van der Waals surface area contributed by atoms with Crippen LogP contribution in [0.5, 0.6) is 0 Å². The molecule has 20 heavy (non-hydrogen) atoms. The van der Waals surface area contributed by atoms with E-state index in [1.165, 1.54) is 10.4 Å². The highest BCUT2D eigenvalue weighted by molar-refractivity contribution is 7.89. The van der Waals surface area contributed by atoms with Gasteiger partial charge in [-0.15, -0.1) is 0 Å². The van der Waals surface area contributed by atoms with Crippen molar-refractivity contribution in [3.05, 3.63) is 24.3 Å². The number of nitrogen functional groups attached to an aromatic ring is 1. The summed E-state index contributed by atoms with van der Waals surface area (Å²) in [7, 11) is -3.60. The number of nitrogens with zero attached hydrogens (tertiary/aromatic N) is 1. The Bertz CT molecular complexity index is 572. The zero-order valence-corrected chi connectivity index (χ0v) is 12.4. The number of hydrogen-bond donors (Lipinski definition) is 3. The summed E-state index contributed by atoms with van der Waals surface area (Å²) >= 11 is 0. The Hall–Kier alpha value is -1.15. The monoisotopic (exact) mass is 299 g/mol. The van der Waals surface area contributed by atoms with Crippen LogP contribution < -0.4 is 11.3 Å². The van der Waals surface area contributed by atoms with Crippen molar-refractivity contribution in [2.45, 2.75) is 36.7 Å². The number of para-hydroxylation sites is 1. The maximum Gasteiger partial charge on any atom is 0.245 e. The molecule has 0 spiro atoms. The van der Waals surface area contributed by atoms with Gasteiger partial charge in [-0.25, -0.2) is 8.42 Å². The standard InChI is InChI=1S/C13H21N3O3S/c1-13(17)7-4-9-16(10-8-13)20(18,19)12-6-3-2-5-11(12)15-14/h2-3,5-6,15,17H,4,7-10,14H2,1H3. The van der Waals surface area contributed by atoms with E-state index < -0.39 is 15.6 Å². The van der Waals surface area contributed by atoms with Crippen LogP contribution >= 0.6 is 0 Å². The van der Waals surface area contributed by atoms with Crippen molar-refractivity contribution in [3.63, 3.8) is 0 Å². The Morgan fingerprint density at radius 1 is 1.30 bits per heavy atom. The average molecular weight is 299 g/mol. The Kier molecular flexibility index (Phi) is 4.33. The Morgan fingerprint density at radius 3 is 2.70 bits per heavy atom. The highest BCUT2D eigenvalue weighted by Gasteiger charge is 2.32. The van der Waals surface area contributed by atoms with Crippen molar-refractivity contribution in [1.82, 2.24) is 4.31 Å². The highest BCUT2D eigenvalue weighted by atomic mass is 32.2. The summed E-state index contributed by atoms with van der Waals surface area (Å²) in [6.07, 6.45) is 1.69. The zero-order valence-electron chi connectivity index (χ0n) is 11.5. The second kappa shape index (κ2) is 5.69. The third-order valence-corrected chi connectivity index (χ3v) is 5.64. The van der Waals surface area contributed by atoms with Crippen LogP contribution in [-0.4, -0.2) is 36.5 Å². The van der Waals surface area contributed by atoms with E-state index in [1.54, 1.807) is 25.1 Å². The summed E-state index contributed by atoms with van der Waals surface area (Å²) < 4.78 is 26.8. The van der Waals surface area contributed by atoms with Crippen molar-refractivity contribution in [1.29, 1.82) is 0 Å². The highest BCUT2D eigenvalue weighted by Crippen LogP contribution is 2.28. The molecule has 0 amide bonds. The molecule has 1 heterocycles. The molecule has 2 rings (SSSR count). The molecule has 1 saturated heterocycles. The Morgan fingerprint density at radius 2 is 2.00 bits per heavy atom. The second-order valence-electron chi connectivity index (χ2n) is 5.40. The largest absolute Gasteiger partial charge is 0.390 e. The van der Waals surface area contributed by atoms with Crippen molar-refractivity contribution in [2.24, 2.45) is 5.84 Å². The van der Waals surface area contributed by atoms with E-state index in [-0.39, 0.29) is 4.90 Å². The van der Waals surface area contributed by atoms with E-state index in [9.17, 15) is 13.5 Å². The fourth-order valence-electron chi connectivity index (χ4n) is 2.43. The first-order valence-electron chi connectivity index (χ1n) is 6.65. The SMILES string of the molecule is CC1(O)CCCN(S(=O)(=O)c2ccccc2NN)CC1. The van der Waals surface area contributed by atoms with Crippen LogP contribution in [0.4, 0.5) is 5.69 Å². The van der Waals surface area contributed by atoms with Gasteiger partial charge in [-0.05, 0) is 38.3 Å². The summed E-state index contributed by atoms with van der Waals surface area (Å²) in [5.74, 6) is 5.38. The molecule has 112 valence electrons. The van der Waals surface area contributed by atoms with Gasteiger partial charge in [-0.1, -0.05) is 12.1 Å². The summed E-state index contributed by atoms with van der Waals surface area (Å²) in [6, 6.07) is 6.55. The van der Waals surface area contributed by atoms with E-state index in [0.29, 0.717) is 38.0 Å². The van der Waals surface area contributed by atoms with Gasteiger partial charge in [0.15, 0.2) is 0 Å². The maximum absolute atomic E-state index is 12.7. The number of hydrazine groups is 1. The lowest BCUT2D eigenvalue weighted by Gasteiger charge is -2.23. The number of nitrogens with one attached hydrogen (secondary N) is 1. The lowest BCUT2D eigenvalue weighted by molar-refractivity contribution is 0.0465. The Balaban J connectivity index is 2.30. The number of benzene rings is 1. The molecule has 1 aromatic rings. The first kappa shape index (κ1) is 15.2. The number of rotatable bonds is 3. The molecule has 1 unspecified atom stereocenters. The predicted octanol–water partition coefficient (Wildman–Crippen LogP) is 0.898. The van der Waals surface area contributed by atoms with E-state index in [4.69, 9.17) is 5.84 Å². The van der Waals surface area contributed by atoms with Crippen LogP contribution in [0.15, 0.2) is 29.2 Å². The molecule has 1 aromatic carbocycles. The maximum atomic E-state index is 12.7. The number of anilines is 1. The number of sulfonamides is 1. The van der Waals surface area contributed by atoms with Crippen LogP contribution in [0.3, 0.4) is 0 Å². The molecular formula is C13H21N3O3S. The predicted molar refractivity (Wildman–Crippen MR) is 77.5 cm³/mol. The van der Waals surface area contributed by atoms with Gasteiger partial charge in [-0.3, -0.25) is 5.84 Å². The minimum absolute atomic E-state index is 0.170. The molecule has 1 atom stereocenters. The molecule has 0 aromatic heterocycles. The third-order valence-electron chi connectivity index (χ3n) is 3.68. The van der Waals surface area contributed by atoms with Crippen molar-refractivity contribution < 1.29 is 13.5 Å². The normalized spacial score (nSPS) is 25.1. The lowest BCUT2D eigenvalue weighted by atomic mass is 9.98. The van der Waals surface area contributed by atoms with Crippen molar-refractivity contribution >= 4 is 15.7 Å². The molecule has 4 N–H and O–H groups in total. The van der Waals surface area contributed by atoms with Crippen LogP contribution in [0.25, 0.3) is 0 Å². The summed E-state index contributed by atoms with van der Waals surface area (Å²) in [5.41, 5.74) is 2.00. The molecule has 0 saturated carbocycles. The van der Waals surface area contributed by atoms with Gasteiger partial charge in [0, 0.05) is 13.1 Å². The lowest BCUT2D eigenvalue weighted by Crippen LogP contribution is -2.34. The first-order chi connectivity index (χ1) is 9.37. The smallest absolute Gasteiger partial charge is 0.245 e. The van der Waals surface area contributed by atoms with Crippen LogP contribution in [0, 0.1) is 0 Å². The number of hydrogen-bond acceptors (Lipinski definition) is 5. The second-order valence-corrected chi connectivity index (χ2v) is 7.30. The van der Waals surface area contributed by atoms with E-state index in [1.807, 2.05) is 0 Å². The summed E-state index contributed by atoms with van der Waals surface area (Å²) in [6.45, 7) is 2.48. The molecule has 0 radical (unpaired) electrons. The number of aliphatic hydroxyl groups is 1. The van der Waals surface area contributed by atoms with Crippen LogP contribution in [0.2, 0.25) is 0 Å². The number of nitrogens with two attached hydrogens (primary N) is 1. The molecule has 0 aliphatic carbocycles. The molecule has 7 heteroatoms. The minimum atomic E-state index is -3.60. The van der Waals surface area contributed by atoms with Gasteiger partial charge in [0.05, 0.1) is 11.3 Å². The van der Waals surface area contributed by atoms with Crippen LogP contribution in [-0.2, 0) is 10.0 Å². The third kappa shape index (κ3) is 3.12. The molecule has 1 fully saturated rings. The Labute approximate surface area is 119 Å². The topological polar surface area (TPSA) is 95.7 Å². The fraction of sp³-hybridized carbons (Fsp3) is 0.538. The molecule has 1 aliphatic rings. The zero-order chi connectivity index (χ0) is 14.8. The van der Waals surface area contributed by atoms with Crippen LogP contribution in [0.1, 0.15) is 26.2 Å². The summed E-state index contributed by atoms with van der Waals surface area (Å²) in [4.78, 5) is 0.170. The van der Waals surface area contributed by atoms with Gasteiger partial charge < -0.3 is 10.5 Å². The fourth-order valence-corrected chi connectivity index (χ4v) is 4.06. The molecule has 0 bridgehead atoms. The van der Waals surface area contributed by atoms with Gasteiger partial charge >= 0.3 is 0 Å². The first-order valence-corrected chi connectivity index (χ1v) is 8.09. The van der Waals surface area contributed by atoms with Crippen molar-refractivity contribution in [2.75, 3.05) is 18.5 Å². The van der Waals surface area contributed by atoms with E-state index in [2.05, 4.69) is 5.43 Å². The molecule has 6 nitrogen and oxygen atoms in total.